The minimum absolute atomic E-state index is 0.00794. The number of hydrogen-bond acceptors (Lipinski definition) is 2. The summed E-state index contributed by atoms with van der Waals surface area (Å²) in [4.78, 5) is 13.2. The highest BCUT2D eigenvalue weighted by Gasteiger charge is 2.34. The van der Waals surface area contributed by atoms with Crippen LogP contribution in [0.5, 0.6) is 5.75 Å². The zero-order valence-corrected chi connectivity index (χ0v) is 13.6. The SMILES string of the molecule is O=C1CC(Br)CN1c1c(Cl)cc(OC(F)(F)F)cc1Br. The van der Waals surface area contributed by atoms with Crippen molar-refractivity contribution in [1.29, 1.82) is 0 Å². The highest BCUT2D eigenvalue weighted by Crippen LogP contribution is 2.41. The average molecular weight is 437 g/mol. The van der Waals surface area contributed by atoms with Crippen molar-refractivity contribution < 1.29 is 22.7 Å². The van der Waals surface area contributed by atoms with Gasteiger partial charge in [0, 0.05) is 28.3 Å². The summed E-state index contributed by atoms with van der Waals surface area (Å²) < 4.78 is 40.6. The number of carbonyl (C=O) groups excluding carboxylic acids is 1. The number of carbonyl (C=O) groups is 1. The molecule has 1 aliphatic heterocycles. The van der Waals surface area contributed by atoms with Crippen molar-refractivity contribution in [2.45, 2.75) is 17.6 Å². The molecule has 1 aromatic carbocycles. The molecule has 1 aliphatic rings. The maximum atomic E-state index is 12.2. The first-order valence-corrected chi connectivity index (χ1v) is 7.45. The molecule has 110 valence electrons. The van der Waals surface area contributed by atoms with E-state index in [-0.39, 0.29) is 20.2 Å². The van der Waals surface area contributed by atoms with E-state index in [0.717, 1.165) is 12.1 Å². The summed E-state index contributed by atoms with van der Waals surface area (Å²) in [5.41, 5.74) is 0.341. The molecule has 0 saturated carbocycles. The van der Waals surface area contributed by atoms with Gasteiger partial charge in [-0.1, -0.05) is 27.5 Å². The molecule has 20 heavy (non-hydrogen) atoms. The number of benzene rings is 1. The molecule has 1 fully saturated rings. The number of amides is 1. The van der Waals surface area contributed by atoms with Crippen molar-refractivity contribution in [3.8, 4) is 5.75 Å². The van der Waals surface area contributed by atoms with Crippen molar-refractivity contribution in [2.24, 2.45) is 0 Å². The smallest absolute Gasteiger partial charge is 0.406 e. The van der Waals surface area contributed by atoms with Crippen LogP contribution in [0.2, 0.25) is 5.02 Å². The van der Waals surface area contributed by atoms with Gasteiger partial charge in [-0.3, -0.25) is 4.79 Å². The van der Waals surface area contributed by atoms with Gasteiger partial charge in [0.15, 0.2) is 0 Å². The summed E-state index contributed by atoms with van der Waals surface area (Å²) in [6.45, 7) is 0.399. The second-order valence-electron chi connectivity index (χ2n) is 4.09. The summed E-state index contributed by atoms with van der Waals surface area (Å²) in [6.07, 6.45) is -4.49. The van der Waals surface area contributed by atoms with Gasteiger partial charge in [-0.05, 0) is 22.0 Å². The molecule has 1 saturated heterocycles. The second-order valence-corrected chi connectivity index (χ2v) is 6.65. The summed E-state index contributed by atoms with van der Waals surface area (Å²) >= 11 is 12.4. The summed E-state index contributed by atoms with van der Waals surface area (Å²) in [5.74, 6) is -0.598. The van der Waals surface area contributed by atoms with E-state index in [9.17, 15) is 18.0 Å². The highest BCUT2D eigenvalue weighted by atomic mass is 79.9. The molecule has 1 unspecified atom stereocenters. The lowest BCUT2D eigenvalue weighted by molar-refractivity contribution is -0.274. The zero-order chi connectivity index (χ0) is 15.1. The molecule has 0 aliphatic carbocycles. The zero-order valence-electron chi connectivity index (χ0n) is 9.68. The van der Waals surface area contributed by atoms with Crippen LogP contribution in [0.3, 0.4) is 0 Å². The molecule has 0 bridgehead atoms. The van der Waals surface area contributed by atoms with E-state index in [2.05, 4.69) is 36.6 Å². The van der Waals surface area contributed by atoms with E-state index in [1.807, 2.05) is 0 Å². The van der Waals surface area contributed by atoms with Crippen molar-refractivity contribution in [3.05, 3.63) is 21.6 Å². The van der Waals surface area contributed by atoms with Crippen LogP contribution in [0, 0.1) is 0 Å². The second kappa shape index (κ2) is 5.73. The molecule has 3 nitrogen and oxygen atoms in total. The van der Waals surface area contributed by atoms with Crippen LogP contribution < -0.4 is 9.64 Å². The quantitative estimate of drug-likeness (QED) is 0.638. The Labute approximate surface area is 134 Å². The van der Waals surface area contributed by atoms with Crippen LogP contribution >= 0.6 is 43.5 Å². The number of anilines is 1. The molecule has 2 rings (SSSR count). The van der Waals surface area contributed by atoms with Crippen LogP contribution in [0.25, 0.3) is 0 Å². The topological polar surface area (TPSA) is 29.5 Å². The van der Waals surface area contributed by atoms with Crippen molar-refractivity contribution in [2.75, 3.05) is 11.4 Å². The Morgan fingerprint density at radius 2 is 2.05 bits per heavy atom. The van der Waals surface area contributed by atoms with Gasteiger partial charge in [0.25, 0.3) is 0 Å². The fourth-order valence-corrected chi connectivity index (χ4v) is 3.52. The third-order valence-corrected chi connectivity index (χ3v) is 4.08. The van der Waals surface area contributed by atoms with Gasteiger partial charge in [0.1, 0.15) is 5.75 Å². The lowest BCUT2D eigenvalue weighted by atomic mass is 10.2. The molecule has 0 N–H and O–H groups in total. The van der Waals surface area contributed by atoms with Gasteiger partial charge in [0.2, 0.25) is 5.91 Å². The Kier molecular flexibility index (Phi) is 4.56. The van der Waals surface area contributed by atoms with Crippen molar-refractivity contribution in [3.63, 3.8) is 0 Å². The normalized spacial score (nSPS) is 19.6. The van der Waals surface area contributed by atoms with Crippen LogP contribution in [-0.2, 0) is 4.79 Å². The number of ether oxygens (including phenoxy) is 1. The molecule has 0 spiro atoms. The predicted molar refractivity (Wildman–Crippen MR) is 75.5 cm³/mol. The van der Waals surface area contributed by atoms with E-state index in [4.69, 9.17) is 11.6 Å². The molecule has 0 aromatic heterocycles. The van der Waals surface area contributed by atoms with Gasteiger partial charge < -0.3 is 9.64 Å². The molecule has 1 aromatic rings. The summed E-state index contributed by atoms with van der Waals surface area (Å²) in [7, 11) is 0. The summed E-state index contributed by atoms with van der Waals surface area (Å²) in [5, 5.41) is 0.00794. The first kappa shape index (κ1) is 15.9. The molecule has 9 heteroatoms. The van der Waals surface area contributed by atoms with Crippen LogP contribution in [0.1, 0.15) is 6.42 Å². The average Bonchev–Trinajstić information content (AvgIpc) is 2.54. The standard InChI is InChI=1S/C11H7Br2ClF3NO2/c12-5-1-9(19)18(4-5)10-7(13)2-6(3-8(10)14)20-11(15,16)17/h2-3,5H,1,4H2. The molecule has 1 atom stereocenters. The lowest BCUT2D eigenvalue weighted by Gasteiger charge is -2.20. The van der Waals surface area contributed by atoms with E-state index < -0.39 is 12.1 Å². The van der Waals surface area contributed by atoms with Crippen LogP contribution in [0.4, 0.5) is 18.9 Å². The fourth-order valence-electron chi connectivity index (χ4n) is 1.87. The minimum Gasteiger partial charge on any atom is -0.406 e. The number of rotatable bonds is 2. The maximum Gasteiger partial charge on any atom is 0.573 e. The Bertz CT molecular complexity index is 530. The number of hydrogen-bond donors (Lipinski definition) is 0. The van der Waals surface area contributed by atoms with Crippen LogP contribution in [0.15, 0.2) is 16.6 Å². The molecule has 0 radical (unpaired) electrons. The number of halogens is 6. The Hall–Kier alpha value is -0.470. The largest absolute Gasteiger partial charge is 0.573 e. The van der Waals surface area contributed by atoms with Gasteiger partial charge in [-0.25, -0.2) is 0 Å². The molecular formula is C11H7Br2ClF3NO2. The minimum atomic E-state index is -4.80. The predicted octanol–water partition coefficient (Wildman–Crippen LogP) is 4.50. The first-order chi connectivity index (χ1) is 9.17. The lowest BCUT2D eigenvalue weighted by Crippen LogP contribution is -2.25. The monoisotopic (exact) mass is 435 g/mol. The van der Waals surface area contributed by atoms with Gasteiger partial charge in [-0.15, -0.1) is 13.2 Å². The third-order valence-electron chi connectivity index (χ3n) is 2.57. The Balaban J connectivity index is 2.34. The highest BCUT2D eigenvalue weighted by molar-refractivity contribution is 9.10. The van der Waals surface area contributed by atoms with E-state index in [0.29, 0.717) is 18.7 Å². The van der Waals surface area contributed by atoms with Crippen LogP contribution in [-0.4, -0.2) is 23.6 Å². The maximum absolute atomic E-state index is 12.2. The van der Waals surface area contributed by atoms with Gasteiger partial charge in [0.05, 0.1) is 10.7 Å². The Morgan fingerprint density at radius 1 is 1.40 bits per heavy atom. The van der Waals surface area contributed by atoms with Crippen molar-refractivity contribution >= 4 is 55.1 Å². The molecule has 1 heterocycles. The fraction of sp³-hybridized carbons (Fsp3) is 0.364. The van der Waals surface area contributed by atoms with E-state index in [1.165, 1.54) is 4.90 Å². The van der Waals surface area contributed by atoms with Gasteiger partial charge >= 0.3 is 6.36 Å². The molecule has 1 amide bonds. The first-order valence-electron chi connectivity index (χ1n) is 5.36. The van der Waals surface area contributed by atoms with Gasteiger partial charge in [-0.2, -0.15) is 0 Å². The third kappa shape index (κ3) is 3.59. The van der Waals surface area contributed by atoms with E-state index in [1.54, 1.807) is 0 Å². The number of alkyl halides is 4. The number of nitrogens with zero attached hydrogens (tertiary/aromatic N) is 1. The van der Waals surface area contributed by atoms with Crippen molar-refractivity contribution in [1.82, 2.24) is 0 Å². The molecular weight excluding hydrogens is 430 g/mol. The Morgan fingerprint density at radius 3 is 2.50 bits per heavy atom. The summed E-state index contributed by atoms with van der Waals surface area (Å²) in [6, 6.07) is 2.16. The van der Waals surface area contributed by atoms with E-state index >= 15 is 0 Å².